The Balaban J connectivity index is 1.51. The molecule has 0 spiro atoms. The summed E-state index contributed by atoms with van der Waals surface area (Å²) in [4.78, 5) is 17.9. The Labute approximate surface area is 131 Å². The van der Waals surface area contributed by atoms with Gasteiger partial charge in [0, 0.05) is 36.2 Å². The zero-order valence-corrected chi connectivity index (χ0v) is 13.4. The third-order valence-corrected chi connectivity index (χ3v) is 4.66. The summed E-state index contributed by atoms with van der Waals surface area (Å²) in [5, 5.41) is 4.25. The number of nitrogens with one attached hydrogen (secondary N) is 2. The summed E-state index contributed by atoms with van der Waals surface area (Å²) in [5.74, 6) is 0.710. The van der Waals surface area contributed by atoms with E-state index >= 15 is 0 Å². The van der Waals surface area contributed by atoms with Crippen LogP contribution in [0.25, 0.3) is 10.9 Å². The molecule has 1 aromatic carbocycles. The van der Waals surface area contributed by atoms with Gasteiger partial charge in [0.1, 0.15) is 0 Å². The number of carbonyl (C=O) groups is 1. The van der Waals surface area contributed by atoms with E-state index in [1.54, 1.807) is 0 Å². The van der Waals surface area contributed by atoms with Gasteiger partial charge >= 0.3 is 0 Å². The number of carbonyl (C=O) groups excluding carboxylic acids is 1. The first-order chi connectivity index (χ1) is 10.6. The molecule has 4 heteroatoms. The molecule has 4 nitrogen and oxygen atoms in total. The van der Waals surface area contributed by atoms with Crippen LogP contribution in [0.5, 0.6) is 0 Å². The molecule has 1 aromatic heterocycles. The number of aromatic amines is 1. The van der Waals surface area contributed by atoms with Crippen LogP contribution in [0, 0.1) is 5.92 Å². The lowest BCUT2D eigenvalue weighted by Gasteiger charge is -2.20. The Morgan fingerprint density at radius 1 is 1.41 bits per heavy atom. The molecule has 1 aliphatic rings. The van der Waals surface area contributed by atoms with E-state index in [4.69, 9.17) is 0 Å². The molecule has 0 bridgehead atoms. The van der Waals surface area contributed by atoms with Crippen LogP contribution in [0.3, 0.4) is 0 Å². The van der Waals surface area contributed by atoms with Crippen LogP contribution in [-0.2, 0) is 11.2 Å². The van der Waals surface area contributed by atoms with Gasteiger partial charge in [-0.15, -0.1) is 0 Å². The fraction of sp³-hybridized carbons (Fsp3) is 0.500. The minimum atomic E-state index is 0.118. The molecular weight excluding hydrogens is 274 g/mol. The largest absolute Gasteiger partial charge is 0.361 e. The molecule has 118 valence electrons. The first-order valence-electron chi connectivity index (χ1n) is 8.19. The zero-order chi connectivity index (χ0) is 15.5. The van der Waals surface area contributed by atoms with E-state index in [2.05, 4.69) is 35.1 Å². The molecule has 1 atom stereocenters. The van der Waals surface area contributed by atoms with Crippen molar-refractivity contribution in [3.05, 3.63) is 36.0 Å². The second kappa shape index (κ2) is 6.53. The van der Waals surface area contributed by atoms with Crippen molar-refractivity contribution in [2.75, 3.05) is 19.6 Å². The lowest BCUT2D eigenvalue weighted by Crippen LogP contribution is -2.33. The van der Waals surface area contributed by atoms with E-state index in [-0.39, 0.29) is 5.91 Å². The van der Waals surface area contributed by atoms with E-state index in [0.29, 0.717) is 18.4 Å². The van der Waals surface area contributed by atoms with Crippen molar-refractivity contribution in [1.82, 2.24) is 15.2 Å². The third kappa shape index (κ3) is 3.33. The predicted molar refractivity (Wildman–Crippen MR) is 89.8 cm³/mol. The molecule has 0 aliphatic carbocycles. The molecule has 1 unspecified atom stereocenters. The Kier molecular flexibility index (Phi) is 4.48. The van der Waals surface area contributed by atoms with Crippen molar-refractivity contribution in [1.29, 1.82) is 0 Å². The highest BCUT2D eigenvalue weighted by Gasteiger charge is 2.24. The summed E-state index contributed by atoms with van der Waals surface area (Å²) in [6, 6.07) is 8.72. The molecule has 0 radical (unpaired) electrons. The highest BCUT2D eigenvalue weighted by molar-refractivity contribution is 5.88. The number of H-pyrrole nitrogens is 1. The van der Waals surface area contributed by atoms with E-state index < -0.39 is 0 Å². The molecular formula is C18H25N3O. The fourth-order valence-electron chi connectivity index (χ4n) is 3.27. The highest BCUT2D eigenvalue weighted by atomic mass is 16.1. The van der Waals surface area contributed by atoms with Gasteiger partial charge in [-0.3, -0.25) is 4.79 Å². The highest BCUT2D eigenvalue weighted by Crippen LogP contribution is 2.19. The number of para-hydroxylation sites is 1. The number of benzene rings is 1. The van der Waals surface area contributed by atoms with E-state index in [0.717, 1.165) is 36.1 Å². The average molecular weight is 299 g/mol. The normalized spacial score (nSPS) is 19.1. The van der Waals surface area contributed by atoms with E-state index in [1.165, 1.54) is 6.42 Å². The molecule has 0 saturated carbocycles. The summed E-state index contributed by atoms with van der Waals surface area (Å²) in [7, 11) is 0. The third-order valence-electron chi connectivity index (χ3n) is 4.66. The molecule has 2 heterocycles. The number of fused-ring (bicyclic) bond motifs is 1. The Morgan fingerprint density at radius 2 is 2.23 bits per heavy atom. The van der Waals surface area contributed by atoms with Crippen LogP contribution < -0.4 is 5.32 Å². The first kappa shape index (κ1) is 15.1. The molecule has 1 aliphatic heterocycles. The summed E-state index contributed by atoms with van der Waals surface area (Å²) in [6.07, 6.45) is 3.58. The Hall–Kier alpha value is -1.81. The van der Waals surface area contributed by atoms with Crippen LogP contribution in [0.4, 0.5) is 0 Å². The average Bonchev–Trinajstić information content (AvgIpc) is 3.13. The van der Waals surface area contributed by atoms with E-state index in [9.17, 15) is 4.79 Å². The van der Waals surface area contributed by atoms with Gasteiger partial charge < -0.3 is 15.2 Å². The predicted octanol–water partition coefficient (Wildman–Crippen LogP) is 2.56. The fourth-order valence-corrected chi connectivity index (χ4v) is 3.27. The maximum atomic E-state index is 12.2. The summed E-state index contributed by atoms with van der Waals surface area (Å²) in [6.45, 7) is 7.52. The number of aromatic nitrogens is 1. The number of amides is 1. The number of hydrogen-bond donors (Lipinski definition) is 2. The maximum absolute atomic E-state index is 12.2. The summed E-state index contributed by atoms with van der Waals surface area (Å²) >= 11 is 0. The minimum absolute atomic E-state index is 0.118. The summed E-state index contributed by atoms with van der Waals surface area (Å²) in [5.41, 5.74) is 2.16. The molecule has 2 N–H and O–H groups in total. The second-order valence-corrected chi connectivity index (χ2v) is 6.58. The molecule has 1 saturated heterocycles. The smallest absolute Gasteiger partial charge is 0.224 e. The van der Waals surface area contributed by atoms with Crippen LogP contribution in [-0.4, -0.2) is 41.5 Å². The van der Waals surface area contributed by atoms with Gasteiger partial charge in [-0.25, -0.2) is 0 Å². The van der Waals surface area contributed by atoms with Crippen molar-refractivity contribution in [3.63, 3.8) is 0 Å². The van der Waals surface area contributed by atoms with Gasteiger partial charge in [-0.05, 0) is 44.4 Å². The Morgan fingerprint density at radius 3 is 3.00 bits per heavy atom. The lowest BCUT2D eigenvalue weighted by molar-refractivity contribution is -0.120. The standard InChI is InChI=1S/C18H25N3O/c1-13(2)21-8-7-14(12-21)10-20-18(22)9-15-11-19-17-6-4-3-5-16(15)17/h3-6,11,13-14,19H,7-10,12H2,1-2H3,(H,20,22). The van der Waals surface area contributed by atoms with Crippen molar-refractivity contribution >= 4 is 16.8 Å². The maximum Gasteiger partial charge on any atom is 0.224 e. The molecule has 2 aromatic rings. The van der Waals surface area contributed by atoms with Crippen molar-refractivity contribution in [3.8, 4) is 0 Å². The quantitative estimate of drug-likeness (QED) is 0.891. The van der Waals surface area contributed by atoms with Gasteiger partial charge in [0.05, 0.1) is 6.42 Å². The number of likely N-dealkylation sites (tertiary alicyclic amines) is 1. The van der Waals surface area contributed by atoms with Gasteiger partial charge in [-0.2, -0.15) is 0 Å². The van der Waals surface area contributed by atoms with Gasteiger partial charge in [0.15, 0.2) is 0 Å². The second-order valence-electron chi connectivity index (χ2n) is 6.58. The van der Waals surface area contributed by atoms with Crippen molar-refractivity contribution in [2.45, 2.75) is 32.7 Å². The summed E-state index contributed by atoms with van der Waals surface area (Å²) < 4.78 is 0. The molecule has 1 amide bonds. The number of nitrogens with zero attached hydrogens (tertiary/aromatic N) is 1. The number of hydrogen-bond acceptors (Lipinski definition) is 2. The lowest BCUT2D eigenvalue weighted by atomic mass is 10.1. The van der Waals surface area contributed by atoms with Crippen molar-refractivity contribution in [2.24, 2.45) is 5.92 Å². The number of rotatable bonds is 5. The van der Waals surface area contributed by atoms with Crippen LogP contribution in [0.1, 0.15) is 25.8 Å². The Bertz CT molecular complexity index is 647. The molecule has 1 fully saturated rings. The van der Waals surface area contributed by atoms with Gasteiger partial charge in [0.25, 0.3) is 0 Å². The molecule has 22 heavy (non-hydrogen) atoms. The molecule has 3 rings (SSSR count). The van der Waals surface area contributed by atoms with Crippen molar-refractivity contribution < 1.29 is 4.79 Å². The van der Waals surface area contributed by atoms with Gasteiger partial charge in [0.2, 0.25) is 5.91 Å². The van der Waals surface area contributed by atoms with Crippen LogP contribution in [0.15, 0.2) is 30.5 Å². The SMILES string of the molecule is CC(C)N1CCC(CNC(=O)Cc2c[nH]c3ccccc23)C1. The van der Waals surface area contributed by atoms with E-state index in [1.807, 2.05) is 24.4 Å². The monoisotopic (exact) mass is 299 g/mol. The van der Waals surface area contributed by atoms with Crippen LogP contribution >= 0.6 is 0 Å². The zero-order valence-electron chi connectivity index (χ0n) is 13.4. The van der Waals surface area contributed by atoms with Gasteiger partial charge in [-0.1, -0.05) is 18.2 Å². The topological polar surface area (TPSA) is 48.1 Å². The first-order valence-corrected chi connectivity index (χ1v) is 8.19. The van der Waals surface area contributed by atoms with Crippen LogP contribution in [0.2, 0.25) is 0 Å². The minimum Gasteiger partial charge on any atom is -0.361 e.